The van der Waals surface area contributed by atoms with E-state index in [0.29, 0.717) is 16.5 Å². The maximum Gasteiger partial charge on any atom is 0.327 e. The Labute approximate surface area is 120 Å². The number of benzene rings is 1. The molecular weight excluding hydrogens is 274 g/mol. The molecule has 0 spiro atoms. The Balaban J connectivity index is 2.56. The SMILES string of the molecule is CCOC(=O)Cn1nc(C(N)=O)c2ccc(C(C)=O)cc21. The van der Waals surface area contributed by atoms with Gasteiger partial charge in [-0.05, 0) is 26.0 Å². The first-order chi connectivity index (χ1) is 9.93. The van der Waals surface area contributed by atoms with E-state index in [2.05, 4.69) is 5.10 Å². The summed E-state index contributed by atoms with van der Waals surface area (Å²) in [5.74, 6) is -1.30. The molecule has 0 atom stereocenters. The molecule has 0 unspecified atom stereocenters. The van der Waals surface area contributed by atoms with Gasteiger partial charge in [0, 0.05) is 10.9 Å². The maximum atomic E-state index is 11.6. The van der Waals surface area contributed by atoms with Crippen molar-refractivity contribution in [1.82, 2.24) is 9.78 Å². The third-order valence-corrected chi connectivity index (χ3v) is 2.98. The van der Waals surface area contributed by atoms with Crippen LogP contribution in [0.15, 0.2) is 18.2 Å². The molecule has 1 heterocycles. The second kappa shape index (κ2) is 5.74. The number of carbonyl (C=O) groups excluding carboxylic acids is 3. The number of fused-ring (bicyclic) bond motifs is 1. The summed E-state index contributed by atoms with van der Waals surface area (Å²) in [5, 5.41) is 4.54. The molecule has 7 nitrogen and oxygen atoms in total. The number of hydrogen-bond acceptors (Lipinski definition) is 5. The van der Waals surface area contributed by atoms with E-state index in [9.17, 15) is 14.4 Å². The molecule has 2 aromatic rings. The van der Waals surface area contributed by atoms with Gasteiger partial charge in [0.05, 0.1) is 12.1 Å². The van der Waals surface area contributed by atoms with Gasteiger partial charge in [-0.25, -0.2) is 0 Å². The summed E-state index contributed by atoms with van der Waals surface area (Å²) < 4.78 is 6.18. The van der Waals surface area contributed by atoms with Gasteiger partial charge in [0.1, 0.15) is 6.54 Å². The molecule has 0 saturated heterocycles. The predicted octanol–water partition coefficient (Wildman–Crippen LogP) is 0.901. The third kappa shape index (κ3) is 2.91. The lowest BCUT2D eigenvalue weighted by molar-refractivity contribution is -0.143. The Morgan fingerprint density at radius 3 is 2.62 bits per heavy atom. The number of primary amides is 1. The summed E-state index contributed by atoms with van der Waals surface area (Å²) in [4.78, 5) is 34.5. The second-order valence-electron chi connectivity index (χ2n) is 4.46. The summed E-state index contributed by atoms with van der Waals surface area (Å²) in [6.07, 6.45) is 0. The lowest BCUT2D eigenvalue weighted by atomic mass is 10.1. The third-order valence-electron chi connectivity index (χ3n) is 2.98. The molecule has 1 aromatic heterocycles. The fraction of sp³-hybridized carbons (Fsp3) is 0.286. The molecule has 7 heteroatoms. The van der Waals surface area contributed by atoms with Crippen molar-refractivity contribution in [2.75, 3.05) is 6.61 Å². The van der Waals surface area contributed by atoms with Gasteiger partial charge in [-0.15, -0.1) is 0 Å². The van der Waals surface area contributed by atoms with Gasteiger partial charge < -0.3 is 10.5 Å². The van der Waals surface area contributed by atoms with Crippen molar-refractivity contribution in [3.63, 3.8) is 0 Å². The van der Waals surface area contributed by atoms with Crippen LogP contribution in [-0.2, 0) is 16.1 Å². The van der Waals surface area contributed by atoms with E-state index in [0.717, 1.165) is 0 Å². The van der Waals surface area contributed by atoms with Gasteiger partial charge in [0.15, 0.2) is 11.5 Å². The Hall–Kier alpha value is -2.70. The van der Waals surface area contributed by atoms with Crippen molar-refractivity contribution in [1.29, 1.82) is 0 Å². The van der Waals surface area contributed by atoms with Crippen LogP contribution in [0.2, 0.25) is 0 Å². The fourth-order valence-electron chi connectivity index (χ4n) is 2.02. The quantitative estimate of drug-likeness (QED) is 0.650. The zero-order valence-electron chi connectivity index (χ0n) is 11.8. The van der Waals surface area contributed by atoms with Crippen LogP contribution in [0.1, 0.15) is 34.7 Å². The van der Waals surface area contributed by atoms with Crippen molar-refractivity contribution in [3.05, 3.63) is 29.5 Å². The summed E-state index contributed by atoms with van der Waals surface area (Å²) in [6.45, 7) is 3.22. The highest BCUT2D eigenvalue weighted by Crippen LogP contribution is 2.20. The topological polar surface area (TPSA) is 104 Å². The van der Waals surface area contributed by atoms with Gasteiger partial charge in [-0.3, -0.25) is 19.1 Å². The molecule has 1 amide bonds. The largest absolute Gasteiger partial charge is 0.465 e. The molecule has 0 bridgehead atoms. The number of nitrogens with two attached hydrogens (primary N) is 1. The number of hydrogen-bond donors (Lipinski definition) is 1. The number of Topliss-reactive ketones (excluding diaryl/α,β-unsaturated/α-hetero) is 1. The zero-order valence-corrected chi connectivity index (χ0v) is 11.8. The van der Waals surface area contributed by atoms with E-state index >= 15 is 0 Å². The first kappa shape index (κ1) is 14.7. The Morgan fingerprint density at radius 1 is 1.33 bits per heavy atom. The minimum Gasteiger partial charge on any atom is -0.465 e. The number of amides is 1. The lowest BCUT2D eigenvalue weighted by Crippen LogP contribution is -2.16. The average molecular weight is 289 g/mol. The van der Waals surface area contributed by atoms with E-state index in [-0.39, 0.29) is 24.6 Å². The normalized spacial score (nSPS) is 10.6. The van der Waals surface area contributed by atoms with Crippen LogP contribution >= 0.6 is 0 Å². The number of ether oxygens (including phenoxy) is 1. The molecule has 0 radical (unpaired) electrons. The minimum absolute atomic E-state index is 0.0596. The predicted molar refractivity (Wildman–Crippen MR) is 74.9 cm³/mol. The minimum atomic E-state index is -0.696. The van der Waals surface area contributed by atoms with Gasteiger partial charge in [-0.1, -0.05) is 6.07 Å². The highest BCUT2D eigenvalue weighted by atomic mass is 16.5. The monoisotopic (exact) mass is 289 g/mol. The van der Waals surface area contributed by atoms with Crippen LogP contribution in [0, 0.1) is 0 Å². The summed E-state index contributed by atoms with van der Waals surface area (Å²) in [6, 6.07) is 4.77. The van der Waals surface area contributed by atoms with Crippen LogP contribution in [0.3, 0.4) is 0 Å². The van der Waals surface area contributed by atoms with Crippen LogP contribution in [0.25, 0.3) is 10.9 Å². The second-order valence-corrected chi connectivity index (χ2v) is 4.46. The van der Waals surface area contributed by atoms with E-state index in [4.69, 9.17) is 10.5 Å². The van der Waals surface area contributed by atoms with Crippen molar-refractivity contribution in [3.8, 4) is 0 Å². The number of aromatic nitrogens is 2. The first-order valence-corrected chi connectivity index (χ1v) is 6.41. The van der Waals surface area contributed by atoms with E-state index < -0.39 is 11.9 Å². The van der Waals surface area contributed by atoms with Crippen LogP contribution in [0.4, 0.5) is 0 Å². The molecule has 2 N–H and O–H groups in total. The molecule has 110 valence electrons. The lowest BCUT2D eigenvalue weighted by Gasteiger charge is -2.04. The number of ketones is 1. The number of rotatable bonds is 5. The molecule has 0 saturated carbocycles. The maximum absolute atomic E-state index is 11.6. The molecule has 0 aliphatic carbocycles. The highest BCUT2D eigenvalue weighted by Gasteiger charge is 2.17. The molecular formula is C14H15N3O4. The van der Waals surface area contributed by atoms with Crippen molar-refractivity contribution < 1.29 is 19.1 Å². The highest BCUT2D eigenvalue weighted by molar-refractivity contribution is 6.06. The van der Waals surface area contributed by atoms with E-state index in [1.54, 1.807) is 25.1 Å². The first-order valence-electron chi connectivity index (χ1n) is 6.41. The standard InChI is InChI=1S/C14H15N3O4/c1-3-21-12(19)7-17-11-6-9(8(2)18)4-5-10(11)13(16-17)14(15)20/h4-6H,3,7H2,1-2H3,(H2,15,20). The molecule has 0 aliphatic heterocycles. The van der Waals surface area contributed by atoms with Gasteiger partial charge in [0.25, 0.3) is 5.91 Å². The molecule has 1 aromatic carbocycles. The number of carbonyl (C=O) groups is 3. The molecule has 2 rings (SSSR count). The smallest absolute Gasteiger partial charge is 0.327 e. The summed E-state index contributed by atoms with van der Waals surface area (Å²) >= 11 is 0. The summed E-state index contributed by atoms with van der Waals surface area (Å²) in [7, 11) is 0. The van der Waals surface area contributed by atoms with Crippen molar-refractivity contribution >= 4 is 28.6 Å². The van der Waals surface area contributed by atoms with Gasteiger partial charge >= 0.3 is 5.97 Å². The Kier molecular flexibility index (Phi) is 4.02. The van der Waals surface area contributed by atoms with Crippen LogP contribution in [0.5, 0.6) is 0 Å². The summed E-state index contributed by atoms with van der Waals surface area (Å²) in [5.41, 5.74) is 6.29. The molecule has 0 fully saturated rings. The van der Waals surface area contributed by atoms with E-state index in [1.165, 1.54) is 11.6 Å². The number of esters is 1. The molecule has 21 heavy (non-hydrogen) atoms. The van der Waals surface area contributed by atoms with Crippen LogP contribution < -0.4 is 5.73 Å². The molecule has 0 aliphatic rings. The van der Waals surface area contributed by atoms with Crippen molar-refractivity contribution in [2.45, 2.75) is 20.4 Å². The zero-order chi connectivity index (χ0) is 15.6. The van der Waals surface area contributed by atoms with Gasteiger partial charge in [-0.2, -0.15) is 5.10 Å². The van der Waals surface area contributed by atoms with Gasteiger partial charge in [0.2, 0.25) is 0 Å². The number of nitrogens with zero attached hydrogens (tertiary/aromatic N) is 2. The average Bonchev–Trinajstić information content (AvgIpc) is 2.77. The fourth-order valence-corrected chi connectivity index (χ4v) is 2.02. The Morgan fingerprint density at radius 2 is 2.05 bits per heavy atom. The van der Waals surface area contributed by atoms with Crippen LogP contribution in [-0.4, -0.2) is 34.0 Å². The van der Waals surface area contributed by atoms with E-state index in [1.807, 2.05) is 0 Å². The van der Waals surface area contributed by atoms with Crippen molar-refractivity contribution in [2.24, 2.45) is 5.73 Å². The Bertz CT molecular complexity index is 733.